The molecular formula is C18H22N4O3S. The molecule has 2 unspecified atom stereocenters. The van der Waals surface area contributed by atoms with Crippen LogP contribution in [0.3, 0.4) is 0 Å². The molecule has 4 N–H and O–H groups in total. The van der Waals surface area contributed by atoms with E-state index < -0.39 is 16.2 Å². The molecule has 0 radical (unpaired) electrons. The monoisotopic (exact) mass is 374 g/mol. The molecule has 1 aliphatic heterocycles. The number of aryl methyl sites for hydroxylation is 1. The molecule has 2 atom stereocenters. The van der Waals surface area contributed by atoms with Crippen LogP contribution in [0, 0.1) is 6.92 Å². The number of carbonyl (C=O) groups excluding carboxylic acids is 1. The van der Waals surface area contributed by atoms with Gasteiger partial charge in [-0.15, -0.1) is 0 Å². The minimum absolute atomic E-state index is 0.0334. The van der Waals surface area contributed by atoms with E-state index >= 15 is 0 Å². The van der Waals surface area contributed by atoms with Crippen molar-refractivity contribution in [1.29, 1.82) is 0 Å². The van der Waals surface area contributed by atoms with Gasteiger partial charge in [-0.1, -0.05) is 24.3 Å². The standard InChI is InChI=1S/C18H22N4O3S/c1-12-5-3-4-6-16(12)17-11-18(21-20-17)22-26(24,25)15-9-7-14(8-10-15)19-13(2)23/h3-10,17-18,20-22H,11H2,1-2H3,(H,19,23). The second kappa shape index (κ2) is 7.55. The lowest BCUT2D eigenvalue weighted by molar-refractivity contribution is -0.114. The van der Waals surface area contributed by atoms with Crippen LogP contribution < -0.4 is 20.9 Å². The topological polar surface area (TPSA) is 99.3 Å². The average molecular weight is 374 g/mol. The van der Waals surface area contributed by atoms with E-state index in [4.69, 9.17) is 0 Å². The van der Waals surface area contributed by atoms with Gasteiger partial charge in [-0.25, -0.2) is 19.3 Å². The molecule has 0 aliphatic carbocycles. The lowest BCUT2D eigenvalue weighted by atomic mass is 10.00. The Morgan fingerprint density at radius 3 is 2.42 bits per heavy atom. The summed E-state index contributed by atoms with van der Waals surface area (Å²) in [6, 6.07) is 14.1. The van der Waals surface area contributed by atoms with E-state index in [1.54, 1.807) is 12.1 Å². The van der Waals surface area contributed by atoms with E-state index in [0.717, 1.165) is 11.1 Å². The molecule has 0 saturated carbocycles. The smallest absolute Gasteiger partial charge is 0.241 e. The maximum Gasteiger partial charge on any atom is 0.241 e. The molecule has 0 spiro atoms. The molecule has 1 amide bonds. The fraction of sp³-hybridized carbons (Fsp3) is 0.278. The van der Waals surface area contributed by atoms with E-state index in [-0.39, 0.29) is 16.8 Å². The van der Waals surface area contributed by atoms with Gasteiger partial charge in [0.1, 0.15) is 0 Å². The van der Waals surface area contributed by atoms with Crippen molar-refractivity contribution in [3.63, 3.8) is 0 Å². The molecule has 8 heteroatoms. The predicted octanol–water partition coefficient (Wildman–Crippen LogP) is 1.80. The quantitative estimate of drug-likeness (QED) is 0.640. The van der Waals surface area contributed by atoms with Crippen LogP contribution in [0.1, 0.15) is 30.5 Å². The summed E-state index contributed by atoms with van der Waals surface area (Å²) in [5.41, 5.74) is 8.99. The third-order valence-corrected chi connectivity index (χ3v) is 5.74. The molecule has 7 nitrogen and oxygen atoms in total. The first-order valence-electron chi connectivity index (χ1n) is 8.32. The summed E-state index contributed by atoms with van der Waals surface area (Å²) in [4.78, 5) is 11.2. The Morgan fingerprint density at radius 1 is 1.08 bits per heavy atom. The van der Waals surface area contributed by atoms with Crippen molar-refractivity contribution < 1.29 is 13.2 Å². The Morgan fingerprint density at radius 2 is 1.77 bits per heavy atom. The number of sulfonamides is 1. The van der Waals surface area contributed by atoms with Gasteiger partial charge >= 0.3 is 0 Å². The first-order valence-corrected chi connectivity index (χ1v) is 9.80. The number of rotatable bonds is 5. The number of hydrogen-bond acceptors (Lipinski definition) is 5. The second-order valence-corrected chi connectivity index (χ2v) is 8.03. The molecule has 2 aromatic carbocycles. The zero-order valence-corrected chi connectivity index (χ0v) is 15.4. The Balaban J connectivity index is 1.67. The number of nitrogens with one attached hydrogen (secondary N) is 4. The number of carbonyl (C=O) groups is 1. The highest BCUT2D eigenvalue weighted by molar-refractivity contribution is 7.89. The number of hydrogen-bond donors (Lipinski definition) is 4. The third-order valence-electron chi connectivity index (χ3n) is 4.25. The lowest BCUT2D eigenvalue weighted by Crippen LogP contribution is -2.44. The Labute approximate surface area is 153 Å². The van der Waals surface area contributed by atoms with Crippen LogP contribution in [0.15, 0.2) is 53.4 Å². The van der Waals surface area contributed by atoms with Crippen LogP contribution in [-0.4, -0.2) is 20.5 Å². The summed E-state index contributed by atoms with van der Waals surface area (Å²) in [7, 11) is -3.67. The zero-order chi connectivity index (χ0) is 18.7. The summed E-state index contributed by atoms with van der Waals surface area (Å²) in [5, 5.41) is 2.61. The first-order chi connectivity index (χ1) is 12.3. The van der Waals surface area contributed by atoms with Crippen LogP contribution >= 0.6 is 0 Å². The number of anilines is 1. The van der Waals surface area contributed by atoms with Gasteiger partial charge in [-0.2, -0.15) is 4.72 Å². The van der Waals surface area contributed by atoms with Crippen LogP contribution in [0.5, 0.6) is 0 Å². The van der Waals surface area contributed by atoms with Crippen molar-refractivity contribution in [3.05, 3.63) is 59.7 Å². The maximum atomic E-state index is 12.6. The van der Waals surface area contributed by atoms with E-state index in [2.05, 4.69) is 20.9 Å². The van der Waals surface area contributed by atoms with Gasteiger partial charge in [0.05, 0.1) is 11.1 Å². The fourth-order valence-electron chi connectivity index (χ4n) is 2.99. The highest BCUT2D eigenvalue weighted by atomic mass is 32.2. The van der Waals surface area contributed by atoms with Crippen LogP contribution in [0.4, 0.5) is 5.69 Å². The van der Waals surface area contributed by atoms with Crippen LogP contribution in [-0.2, 0) is 14.8 Å². The SMILES string of the molecule is CC(=O)Nc1ccc(S(=O)(=O)NC2CC(c3ccccc3C)NN2)cc1. The van der Waals surface area contributed by atoms with E-state index in [1.165, 1.54) is 19.1 Å². The molecule has 0 bridgehead atoms. The predicted molar refractivity (Wildman–Crippen MR) is 99.7 cm³/mol. The maximum absolute atomic E-state index is 12.6. The summed E-state index contributed by atoms with van der Waals surface area (Å²) in [6.45, 7) is 3.43. The van der Waals surface area contributed by atoms with Crippen molar-refractivity contribution in [2.45, 2.75) is 37.4 Å². The minimum Gasteiger partial charge on any atom is -0.326 e. The average Bonchev–Trinajstić information content (AvgIpc) is 3.02. The Bertz CT molecular complexity index is 897. The van der Waals surface area contributed by atoms with Crippen LogP contribution in [0.2, 0.25) is 0 Å². The normalized spacial score (nSPS) is 20.1. The van der Waals surface area contributed by atoms with Gasteiger partial charge in [-0.3, -0.25) is 4.79 Å². The van der Waals surface area contributed by atoms with Gasteiger partial charge < -0.3 is 5.32 Å². The van der Waals surface area contributed by atoms with Crippen LogP contribution in [0.25, 0.3) is 0 Å². The Hall–Kier alpha value is -2.26. The van der Waals surface area contributed by atoms with Crippen molar-refractivity contribution >= 4 is 21.6 Å². The molecule has 1 aliphatic rings. The minimum atomic E-state index is -3.67. The van der Waals surface area contributed by atoms with Crippen molar-refractivity contribution in [2.75, 3.05) is 5.32 Å². The summed E-state index contributed by atoms with van der Waals surface area (Å²) < 4.78 is 27.8. The summed E-state index contributed by atoms with van der Waals surface area (Å²) >= 11 is 0. The molecule has 3 rings (SSSR count). The zero-order valence-electron chi connectivity index (χ0n) is 14.6. The fourth-order valence-corrected chi connectivity index (χ4v) is 4.15. The largest absolute Gasteiger partial charge is 0.326 e. The van der Waals surface area contributed by atoms with Crippen molar-refractivity contribution in [2.24, 2.45) is 0 Å². The first kappa shape index (κ1) is 18.5. The highest BCUT2D eigenvalue weighted by Crippen LogP contribution is 2.25. The number of hydrazine groups is 1. The molecule has 1 heterocycles. The molecule has 1 fully saturated rings. The number of amides is 1. The second-order valence-electron chi connectivity index (χ2n) is 6.31. The van der Waals surface area contributed by atoms with Crippen molar-refractivity contribution in [3.8, 4) is 0 Å². The van der Waals surface area contributed by atoms with E-state index in [9.17, 15) is 13.2 Å². The van der Waals surface area contributed by atoms with E-state index in [1.807, 2.05) is 31.2 Å². The summed E-state index contributed by atoms with van der Waals surface area (Å²) in [5.74, 6) is -0.206. The molecule has 2 aromatic rings. The van der Waals surface area contributed by atoms with E-state index in [0.29, 0.717) is 12.1 Å². The third kappa shape index (κ3) is 4.28. The van der Waals surface area contributed by atoms with Gasteiger partial charge in [0.2, 0.25) is 15.9 Å². The van der Waals surface area contributed by atoms with Gasteiger partial charge in [0, 0.05) is 18.7 Å². The van der Waals surface area contributed by atoms with Gasteiger partial charge in [0.25, 0.3) is 0 Å². The highest BCUT2D eigenvalue weighted by Gasteiger charge is 2.29. The Kier molecular flexibility index (Phi) is 5.38. The molecule has 1 saturated heterocycles. The summed E-state index contributed by atoms with van der Waals surface area (Å²) in [6.07, 6.45) is 0.174. The lowest BCUT2D eigenvalue weighted by Gasteiger charge is -2.14. The van der Waals surface area contributed by atoms with Gasteiger partial charge in [0.15, 0.2) is 0 Å². The molecule has 0 aromatic heterocycles. The molecule has 26 heavy (non-hydrogen) atoms. The molecule has 138 valence electrons. The molecular weight excluding hydrogens is 352 g/mol. The van der Waals surface area contributed by atoms with Gasteiger partial charge in [-0.05, 0) is 48.7 Å². The van der Waals surface area contributed by atoms with Crippen molar-refractivity contribution in [1.82, 2.24) is 15.6 Å². The number of benzene rings is 2.